The Labute approximate surface area is 122 Å². The normalized spacial score (nSPS) is 27.4. The highest BCUT2D eigenvalue weighted by molar-refractivity contribution is 7.90. The Bertz CT molecular complexity index is 526. The fourth-order valence-corrected chi connectivity index (χ4v) is 3.80. The molecule has 4 heteroatoms. The van der Waals surface area contributed by atoms with Gasteiger partial charge in [-0.05, 0) is 42.4 Å². The molecule has 0 heterocycles. The van der Waals surface area contributed by atoms with E-state index in [2.05, 4.69) is 19.2 Å². The van der Waals surface area contributed by atoms with Crippen molar-refractivity contribution in [1.29, 1.82) is 0 Å². The summed E-state index contributed by atoms with van der Waals surface area (Å²) in [6, 6.07) is 7.77. The van der Waals surface area contributed by atoms with Crippen molar-refractivity contribution in [2.75, 3.05) is 6.26 Å². The van der Waals surface area contributed by atoms with Crippen molar-refractivity contribution in [2.24, 2.45) is 11.8 Å². The van der Waals surface area contributed by atoms with E-state index in [-0.39, 0.29) is 0 Å². The third-order valence-electron chi connectivity index (χ3n) is 4.44. The first-order valence-electron chi connectivity index (χ1n) is 7.40. The van der Waals surface area contributed by atoms with E-state index in [0.29, 0.717) is 22.8 Å². The summed E-state index contributed by atoms with van der Waals surface area (Å²) in [4.78, 5) is 0.389. The third-order valence-corrected chi connectivity index (χ3v) is 5.57. The van der Waals surface area contributed by atoms with E-state index < -0.39 is 9.84 Å². The Morgan fingerprint density at radius 3 is 2.15 bits per heavy atom. The van der Waals surface area contributed by atoms with Crippen LogP contribution in [0.5, 0.6) is 0 Å². The van der Waals surface area contributed by atoms with Gasteiger partial charge in [0.2, 0.25) is 0 Å². The zero-order chi connectivity index (χ0) is 14.8. The molecule has 2 unspecified atom stereocenters. The molecule has 1 aliphatic rings. The Hall–Kier alpha value is -0.870. The molecule has 112 valence electrons. The van der Waals surface area contributed by atoms with Crippen molar-refractivity contribution in [2.45, 2.75) is 50.6 Å². The average molecular weight is 295 g/mol. The molecule has 1 aromatic rings. The molecule has 0 bridgehead atoms. The van der Waals surface area contributed by atoms with Crippen LogP contribution in [-0.2, 0) is 16.4 Å². The Kier molecular flexibility index (Phi) is 4.86. The zero-order valence-corrected chi connectivity index (χ0v) is 13.4. The molecule has 0 aliphatic heterocycles. The van der Waals surface area contributed by atoms with Crippen molar-refractivity contribution in [3.8, 4) is 0 Å². The Balaban J connectivity index is 1.97. The van der Waals surface area contributed by atoms with E-state index in [1.807, 2.05) is 12.1 Å². The number of rotatable bonds is 4. The lowest BCUT2D eigenvalue weighted by atomic mass is 9.78. The lowest BCUT2D eigenvalue weighted by Crippen LogP contribution is -2.42. The Morgan fingerprint density at radius 2 is 1.65 bits per heavy atom. The van der Waals surface area contributed by atoms with Gasteiger partial charge in [-0.1, -0.05) is 32.4 Å². The molecule has 0 spiro atoms. The van der Waals surface area contributed by atoms with E-state index in [0.717, 1.165) is 12.1 Å². The summed E-state index contributed by atoms with van der Waals surface area (Å²) in [6.07, 6.45) is 5.18. The second kappa shape index (κ2) is 6.27. The van der Waals surface area contributed by atoms with Gasteiger partial charge in [-0.25, -0.2) is 8.42 Å². The van der Waals surface area contributed by atoms with Crippen LogP contribution in [0.1, 0.15) is 38.7 Å². The van der Waals surface area contributed by atoms with Gasteiger partial charge in [-0.2, -0.15) is 0 Å². The maximum Gasteiger partial charge on any atom is 0.175 e. The number of nitrogens with one attached hydrogen (secondary N) is 1. The summed E-state index contributed by atoms with van der Waals surface area (Å²) < 4.78 is 22.8. The first-order chi connectivity index (χ1) is 9.38. The van der Waals surface area contributed by atoms with Gasteiger partial charge in [0.05, 0.1) is 4.90 Å². The fraction of sp³-hybridized carbons (Fsp3) is 0.625. The number of hydrogen-bond acceptors (Lipinski definition) is 3. The third kappa shape index (κ3) is 3.83. The molecular weight excluding hydrogens is 270 g/mol. The minimum atomic E-state index is -3.09. The van der Waals surface area contributed by atoms with Crippen LogP contribution in [-0.4, -0.2) is 20.7 Å². The van der Waals surface area contributed by atoms with Crippen LogP contribution in [0.3, 0.4) is 0 Å². The first-order valence-corrected chi connectivity index (χ1v) is 9.29. The monoisotopic (exact) mass is 295 g/mol. The van der Waals surface area contributed by atoms with Gasteiger partial charge in [0, 0.05) is 18.8 Å². The second-order valence-corrected chi connectivity index (χ2v) is 8.22. The molecule has 1 N–H and O–H groups in total. The molecule has 20 heavy (non-hydrogen) atoms. The summed E-state index contributed by atoms with van der Waals surface area (Å²) in [5.74, 6) is 1.43. The molecule has 1 saturated carbocycles. The van der Waals surface area contributed by atoms with Crippen molar-refractivity contribution in [3.05, 3.63) is 29.8 Å². The maximum absolute atomic E-state index is 11.4. The van der Waals surface area contributed by atoms with Gasteiger partial charge < -0.3 is 5.32 Å². The SMILES string of the molecule is CC1CCCC(C)C1NCc1ccc(S(C)(=O)=O)cc1. The summed E-state index contributed by atoms with van der Waals surface area (Å²) in [6.45, 7) is 5.45. The predicted octanol–water partition coefficient (Wildman–Crippen LogP) is 3.00. The lowest BCUT2D eigenvalue weighted by molar-refractivity contribution is 0.207. The summed E-state index contributed by atoms with van der Waals surface area (Å²) in [5, 5.41) is 3.65. The molecular formula is C16H25NO2S. The van der Waals surface area contributed by atoms with E-state index in [9.17, 15) is 8.42 Å². The summed E-state index contributed by atoms with van der Waals surface area (Å²) >= 11 is 0. The fourth-order valence-electron chi connectivity index (χ4n) is 3.17. The van der Waals surface area contributed by atoms with Crippen LogP contribution in [0.4, 0.5) is 0 Å². The minimum absolute atomic E-state index is 0.389. The molecule has 1 aromatic carbocycles. The van der Waals surface area contributed by atoms with Gasteiger partial charge in [-0.3, -0.25) is 0 Å². The largest absolute Gasteiger partial charge is 0.309 e. The lowest BCUT2D eigenvalue weighted by Gasteiger charge is -2.35. The smallest absolute Gasteiger partial charge is 0.175 e. The average Bonchev–Trinajstić information content (AvgIpc) is 2.37. The van der Waals surface area contributed by atoms with Crippen molar-refractivity contribution in [3.63, 3.8) is 0 Å². The highest BCUT2D eigenvalue weighted by atomic mass is 32.2. The van der Waals surface area contributed by atoms with Crippen LogP contribution in [0, 0.1) is 11.8 Å². The molecule has 1 aliphatic carbocycles. The van der Waals surface area contributed by atoms with Crippen LogP contribution in [0.15, 0.2) is 29.2 Å². The predicted molar refractivity (Wildman–Crippen MR) is 82.4 cm³/mol. The molecule has 2 rings (SSSR count). The number of benzene rings is 1. The molecule has 0 saturated heterocycles. The zero-order valence-electron chi connectivity index (χ0n) is 12.6. The molecule has 0 radical (unpaired) electrons. The van der Waals surface area contributed by atoms with Gasteiger partial charge >= 0.3 is 0 Å². The highest BCUT2D eigenvalue weighted by Crippen LogP contribution is 2.29. The van der Waals surface area contributed by atoms with Gasteiger partial charge in [0.15, 0.2) is 9.84 Å². The molecule has 3 nitrogen and oxygen atoms in total. The van der Waals surface area contributed by atoms with E-state index in [1.165, 1.54) is 25.5 Å². The molecule has 0 amide bonds. The number of sulfone groups is 1. The second-order valence-electron chi connectivity index (χ2n) is 6.21. The van der Waals surface area contributed by atoms with Gasteiger partial charge in [0.25, 0.3) is 0 Å². The summed E-state index contributed by atoms with van der Waals surface area (Å²) in [5.41, 5.74) is 1.14. The Morgan fingerprint density at radius 1 is 1.10 bits per heavy atom. The highest BCUT2D eigenvalue weighted by Gasteiger charge is 2.26. The molecule has 0 aromatic heterocycles. The van der Waals surface area contributed by atoms with Crippen molar-refractivity contribution in [1.82, 2.24) is 5.32 Å². The first kappa shape index (κ1) is 15.5. The standard InChI is InChI=1S/C16H25NO2S/c1-12-5-4-6-13(2)16(12)17-11-14-7-9-15(10-8-14)20(3,18)19/h7-10,12-13,16-17H,4-6,11H2,1-3H3. The molecule has 1 fully saturated rings. The van der Waals surface area contributed by atoms with Crippen LogP contribution >= 0.6 is 0 Å². The maximum atomic E-state index is 11.4. The summed E-state index contributed by atoms with van der Waals surface area (Å²) in [7, 11) is -3.09. The van der Waals surface area contributed by atoms with Gasteiger partial charge in [0.1, 0.15) is 0 Å². The quantitative estimate of drug-likeness (QED) is 0.929. The van der Waals surface area contributed by atoms with Crippen molar-refractivity contribution >= 4 is 9.84 Å². The van der Waals surface area contributed by atoms with E-state index in [1.54, 1.807) is 12.1 Å². The minimum Gasteiger partial charge on any atom is -0.309 e. The van der Waals surface area contributed by atoms with Crippen LogP contribution in [0.25, 0.3) is 0 Å². The van der Waals surface area contributed by atoms with E-state index >= 15 is 0 Å². The van der Waals surface area contributed by atoms with Crippen molar-refractivity contribution < 1.29 is 8.42 Å². The van der Waals surface area contributed by atoms with Gasteiger partial charge in [-0.15, -0.1) is 0 Å². The van der Waals surface area contributed by atoms with E-state index in [4.69, 9.17) is 0 Å². The molecule has 2 atom stereocenters. The topological polar surface area (TPSA) is 46.2 Å². The van der Waals surface area contributed by atoms with Crippen LogP contribution < -0.4 is 5.32 Å². The van der Waals surface area contributed by atoms with Crippen LogP contribution in [0.2, 0.25) is 0 Å². The number of hydrogen-bond donors (Lipinski definition) is 1.